The fourth-order valence-corrected chi connectivity index (χ4v) is 5.56. The van der Waals surface area contributed by atoms with Crippen LogP contribution in [-0.4, -0.2) is 41.1 Å². The lowest BCUT2D eigenvalue weighted by Crippen LogP contribution is -2.46. The molecule has 2 amide bonds. The van der Waals surface area contributed by atoms with Crippen molar-refractivity contribution in [2.45, 2.75) is 38.3 Å². The normalized spacial score (nSPS) is 28.1. The smallest absolute Gasteiger partial charge is 0.239 e. The molecule has 5 rings (SSSR count). The zero-order chi connectivity index (χ0) is 21.0. The summed E-state index contributed by atoms with van der Waals surface area (Å²) in [5.74, 6) is -1.60. The monoisotopic (exact) mass is 422 g/mol. The highest BCUT2D eigenvalue weighted by molar-refractivity contribution is 6.30. The highest BCUT2D eigenvalue weighted by Gasteiger charge is 2.64. The minimum absolute atomic E-state index is 0.0485. The maximum absolute atomic E-state index is 13.5. The Labute approximate surface area is 180 Å². The van der Waals surface area contributed by atoms with E-state index in [4.69, 9.17) is 11.6 Å². The summed E-state index contributed by atoms with van der Waals surface area (Å²) in [6.45, 7) is 2.81. The highest BCUT2D eigenvalue weighted by Crippen LogP contribution is 2.48. The van der Waals surface area contributed by atoms with E-state index >= 15 is 0 Å². The van der Waals surface area contributed by atoms with E-state index in [1.165, 1.54) is 4.90 Å². The first-order chi connectivity index (χ1) is 14.5. The number of aryl methyl sites for hydroxylation is 1. The molecule has 0 spiro atoms. The van der Waals surface area contributed by atoms with Gasteiger partial charge in [0.25, 0.3) is 0 Å². The fourth-order valence-electron chi connectivity index (χ4n) is 5.44. The van der Waals surface area contributed by atoms with E-state index in [2.05, 4.69) is 11.8 Å². The van der Waals surface area contributed by atoms with Gasteiger partial charge in [-0.2, -0.15) is 0 Å². The maximum atomic E-state index is 13.5. The quantitative estimate of drug-likeness (QED) is 0.556. The molecular weight excluding hydrogens is 400 g/mol. The van der Waals surface area contributed by atoms with Crippen LogP contribution in [0.4, 0.5) is 5.69 Å². The van der Waals surface area contributed by atoms with Crippen LogP contribution in [0.25, 0.3) is 0 Å². The van der Waals surface area contributed by atoms with Crippen molar-refractivity contribution in [3.8, 4) is 0 Å². The fraction of sp³-hybridized carbons (Fsp3) is 0.375. The molecule has 154 valence electrons. The summed E-state index contributed by atoms with van der Waals surface area (Å²) in [6.07, 6.45) is 2.67. The van der Waals surface area contributed by atoms with Gasteiger partial charge in [-0.25, -0.2) is 4.90 Å². The molecule has 3 aliphatic heterocycles. The SMILES string of the molecule is CCc1ccc(N2C(=O)[C@@H]3[C@H](C2=O)[C@H](C(=O)c2ccc(Cl)cc2)N2CCC[C@H]32)cc1. The molecule has 0 N–H and O–H groups in total. The lowest BCUT2D eigenvalue weighted by molar-refractivity contribution is -0.123. The number of benzene rings is 2. The van der Waals surface area contributed by atoms with Gasteiger partial charge in [-0.05, 0) is 67.8 Å². The van der Waals surface area contributed by atoms with Crippen LogP contribution >= 0.6 is 11.6 Å². The topological polar surface area (TPSA) is 57.7 Å². The third-order valence-corrected chi connectivity index (χ3v) is 7.10. The van der Waals surface area contributed by atoms with Crippen LogP contribution in [0.15, 0.2) is 48.5 Å². The summed E-state index contributed by atoms with van der Waals surface area (Å²) in [5.41, 5.74) is 2.27. The Morgan fingerprint density at radius 1 is 1.00 bits per heavy atom. The van der Waals surface area contributed by atoms with Crippen LogP contribution in [-0.2, 0) is 16.0 Å². The molecule has 0 unspecified atom stereocenters. The first-order valence-electron chi connectivity index (χ1n) is 10.5. The van der Waals surface area contributed by atoms with E-state index in [0.717, 1.165) is 31.4 Å². The third kappa shape index (κ3) is 2.83. The molecule has 0 aliphatic carbocycles. The molecule has 0 bridgehead atoms. The third-order valence-electron chi connectivity index (χ3n) is 6.85. The molecule has 2 aromatic carbocycles. The summed E-state index contributed by atoms with van der Waals surface area (Å²) in [7, 11) is 0. The van der Waals surface area contributed by atoms with Crippen LogP contribution in [0.3, 0.4) is 0 Å². The Bertz CT molecular complexity index is 1020. The summed E-state index contributed by atoms with van der Waals surface area (Å²) in [6, 6.07) is 13.7. The summed E-state index contributed by atoms with van der Waals surface area (Å²) < 4.78 is 0. The van der Waals surface area contributed by atoms with E-state index in [9.17, 15) is 14.4 Å². The van der Waals surface area contributed by atoms with Crippen LogP contribution < -0.4 is 4.90 Å². The number of amides is 2. The molecule has 3 heterocycles. The van der Waals surface area contributed by atoms with E-state index in [-0.39, 0.29) is 23.6 Å². The average molecular weight is 423 g/mol. The highest BCUT2D eigenvalue weighted by atomic mass is 35.5. The number of imide groups is 1. The average Bonchev–Trinajstić information content (AvgIpc) is 3.40. The summed E-state index contributed by atoms with van der Waals surface area (Å²) in [4.78, 5) is 43.7. The van der Waals surface area contributed by atoms with Crippen molar-refractivity contribution >= 4 is 34.9 Å². The van der Waals surface area contributed by atoms with Gasteiger partial charge in [0.1, 0.15) is 0 Å². The van der Waals surface area contributed by atoms with Crippen molar-refractivity contribution in [2.24, 2.45) is 11.8 Å². The lowest BCUT2D eigenvalue weighted by atomic mass is 9.85. The van der Waals surface area contributed by atoms with Gasteiger partial charge in [-0.1, -0.05) is 30.7 Å². The molecule has 5 nitrogen and oxygen atoms in total. The molecule has 0 saturated carbocycles. The number of halogens is 1. The van der Waals surface area contributed by atoms with E-state index in [0.29, 0.717) is 16.3 Å². The van der Waals surface area contributed by atoms with Crippen LogP contribution in [0.5, 0.6) is 0 Å². The van der Waals surface area contributed by atoms with Crippen LogP contribution in [0.2, 0.25) is 5.02 Å². The standard InChI is InChI=1S/C24H23ClN2O3/c1-2-14-5-11-17(12-6-14)27-23(29)19-18-4-3-13-26(18)21(20(19)24(27)30)22(28)15-7-9-16(25)10-8-15/h5-12,18-21H,2-4,13H2,1H3/t18-,19+,20+,21-/m1/s1. The summed E-state index contributed by atoms with van der Waals surface area (Å²) >= 11 is 5.98. The van der Waals surface area contributed by atoms with Gasteiger partial charge in [0.15, 0.2) is 5.78 Å². The molecule has 30 heavy (non-hydrogen) atoms. The molecule has 4 atom stereocenters. The second-order valence-corrected chi connectivity index (χ2v) is 8.78. The number of anilines is 1. The van der Waals surface area contributed by atoms with Crippen molar-refractivity contribution in [1.82, 2.24) is 4.90 Å². The zero-order valence-corrected chi connectivity index (χ0v) is 17.5. The van der Waals surface area contributed by atoms with Gasteiger partial charge in [0.2, 0.25) is 11.8 Å². The number of ketones is 1. The number of carbonyl (C=O) groups is 3. The minimum atomic E-state index is -0.628. The number of hydrogen-bond acceptors (Lipinski definition) is 4. The Morgan fingerprint density at radius 2 is 1.67 bits per heavy atom. The minimum Gasteiger partial charge on any atom is -0.292 e. The Balaban J connectivity index is 1.52. The van der Waals surface area contributed by atoms with Crippen LogP contribution in [0, 0.1) is 11.8 Å². The predicted molar refractivity (Wildman–Crippen MR) is 115 cm³/mol. The molecule has 3 saturated heterocycles. The van der Waals surface area contributed by atoms with E-state index < -0.39 is 17.9 Å². The van der Waals surface area contributed by atoms with E-state index in [1.807, 2.05) is 24.3 Å². The van der Waals surface area contributed by atoms with Crippen LogP contribution in [0.1, 0.15) is 35.7 Å². The van der Waals surface area contributed by atoms with Gasteiger partial charge in [0, 0.05) is 16.6 Å². The maximum Gasteiger partial charge on any atom is 0.239 e. The lowest BCUT2D eigenvalue weighted by Gasteiger charge is -2.27. The Hall–Kier alpha value is -2.50. The second kappa shape index (κ2) is 7.33. The van der Waals surface area contributed by atoms with Crippen molar-refractivity contribution in [3.63, 3.8) is 0 Å². The van der Waals surface area contributed by atoms with E-state index in [1.54, 1.807) is 24.3 Å². The zero-order valence-electron chi connectivity index (χ0n) is 16.8. The Kier molecular flexibility index (Phi) is 4.75. The number of fused-ring (bicyclic) bond motifs is 3. The first kappa shape index (κ1) is 19.5. The number of rotatable bonds is 4. The molecule has 6 heteroatoms. The molecule has 3 fully saturated rings. The van der Waals surface area contributed by atoms with Gasteiger partial charge in [-0.3, -0.25) is 19.3 Å². The Morgan fingerprint density at radius 3 is 2.33 bits per heavy atom. The first-order valence-corrected chi connectivity index (χ1v) is 10.9. The van der Waals surface area contributed by atoms with Gasteiger partial charge in [-0.15, -0.1) is 0 Å². The predicted octanol–water partition coefficient (Wildman–Crippen LogP) is 3.74. The molecule has 3 aliphatic rings. The number of carbonyl (C=O) groups excluding carboxylic acids is 3. The van der Waals surface area contributed by atoms with Gasteiger partial charge in [0.05, 0.1) is 23.6 Å². The van der Waals surface area contributed by atoms with Gasteiger partial charge < -0.3 is 0 Å². The molecule has 0 aromatic heterocycles. The number of nitrogens with zero attached hydrogens (tertiary/aromatic N) is 2. The molecular formula is C24H23ClN2O3. The van der Waals surface area contributed by atoms with Crippen molar-refractivity contribution in [2.75, 3.05) is 11.4 Å². The number of hydrogen-bond donors (Lipinski definition) is 0. The molecule has 2 aromatic rings. The summed E-state index contributed by atoms with van der Waals surface area (Å²) in [5, 5.41) is 0.559. The van der Waals surface area contributed by atoms with Crippen molar-refractivity contribution < 1.29 is 14.4 Å². The van der Waals surface area contributed by atoms with Crippen molar-refractivity contribution in [3.05, 3.63) is 64.7 Å². The van der Waals surface area contributed by atoms with Gasteiger partial charge >= 0.3 is 0 Å². The molecule has 0 radical (unpaired) electrons. The second-order valence-electron chi connectivity index (χ2n) is 8.35. The largest absolute Gasteiger partial charge is 0.292 e. The number of Topliss-reactive ketones (excluding diaryl/α,β-unsaturated/α-hetero) is 1. The van der Waals surface area contributed by atoms with Crippen molar-refractivity contribution in [1.29, 1.82) is 0 Å².